The molecule has 0 saturated heterocycles. The maximum atomic E-state index is 12.2. The highest BCUT2D eigenvalue weighted by atomic mass is 35.5. The Morgan fingerprint density at radius 1 is 1.14 bits per heavy atom. The van der Waals surface area contributed by atoms with Crippen LogP contribution in [0.1, 0.15) is 17.3 Å². The van der Waals surface area contributed by atoms with Crippen LogP contribution < -0.4 is 4.74 Å². The number of carbonyl (C=O) groups excluding carboxylic acids is 1. The minimum atomic E-state index is -4.76. The van der Waals surface area contributed by atoms with Gasteiger partial charge in [0.05, 0.1) is 5.02 Å². The van der Waals surface area contributed by atoms with E-state index in [4.69, 9.17) is 11.6 Å². The lowest BCUT2D eigenvalue weighted by Crippen LogP contribution is -2.17. The number of benzene rings is 2. The fourth-order valence-corrected chi connectivity index (χ4v) is 2.26. The van der Waals surface area contributed by atoms with Crippen LogP contribution in [0.2, 0.25) is 5.02 Å². The predicted octanol–water partition coefficient (Wildman–Crippen LogP) is 5.11. The van der Waals surface area contributed by atoms with Crippen LogP contribution in [-0.2, 0) is 0 Å². The standard InChI is InChI=1S/C15H10ClF3O2/c1-9(20)12-6-3-7-13(14(12)16)10-4-2-5-11(8-10)21-15(17,18)19/h2-8H,1H3. The van der Waals surface area contributed by atoms with Gasteiger partial charge >= 0.3 is 6.36 Å². The van der Waals surface area contributed by atoms with E-state index in [1.165, 1.54) is 25.1 Å². The van der Waals surface area contributed by atoms with Gasteiger partial charge < -0.3 is 4.74 Å². The van der Waals surface area contributed by atoms with Gasteiger partial charge in [-0.05, 0) is 30.7 Å². The monoisotopic (exact) mass is 314 g/mol. The number of ether oxygens (including phenoxy) is 1. The first kappa shape index (κ1) is 15.4. The van der Waals surface area contributed by atoms with Gasteiger partial charge in [-0.3, -0.25) is 4.79 Å². The molecule has 0 radical (unpaired) electrons. The number of carbonyl (C=O) groups is 1. The Hall–Kier alpha value is -2.01. The summed E-state index contributed by atoms with van der Waals surface area (Å²) in [5.41, 5.74) is 1.22. The summed E-state index contributed by atoms with van der Waals surface area (Å²) in [5, 5.41) is 0.203. The highest BCUT2D eigenvalue weighted by Gasteiger charge is 2.31. The largest absolute Gasteiger partial charge is 0.573 e. The van der Waals surface area contributed by atoms with E-state index in [0.717, 1.165) is 0 Å². The van der Waals surface area contributed by atoms with Gasteiger partial charge in [0.25, 0.3) is 0 Å². The topological polar surface area (TPSA) is 26.3 Å². The zero-order valence-electron chi connectivity index (χ0n) is 10.9. The van der Waals surface area contributed by atoms with Gasteiger partial charge in [0.2, 0.25) is 0 Å². The van der Waals surface area contributed by atoms with Crippen molar-refractivity contribution in [2.75, 3.05) is 0 Å². The molecule has 0 atom stereocenters. The molecule has 0 amide bonds. The molecule has 2 aromatic rings. The predicted molar refractivity (Wildman–Crippen MR) is 73.6 cm³/mol. The number of hydrogen-bond donors (Lipinski definition) is 0. The van der Waals surface area contributed by atoms with Crippen LogP contribution in [0.15, 0.2) is 42.5 Å². The van der Waals surface area contributed by atoms with Gasteiger partial charge in [-0.15, -0.1) is 13.2 Å². The van der Waals surface area contributed by atoms with Gasteiger partial charge in [-0.25, -0.2) is 0 Å². The van der Waals surface area contributed by atoms with E-state index in [9.17, 15) is 18.0 Å². The number of Topliss-reactive ketones (excluding diaryl/α,β-unsaturated/α-hetero) is 1. The third-order valence-electron chi connectivity index (χ3n) is 2.76. The lowest BCUT2D eigenvalue weighted by molar-refractivity contribution is -0.274. The van der Waals surface area contributed by atoms with E-state index < -0.39 is 6.36 Å². The maximum absolute atomic E-state index is 12.2. The molecule has 0 bridgehead atoms. The lowest BCUT2D eigenvalue weighted by Gasteiger charge is -2.11. The summed E-state index contributed by atoms with van der Waals surface area (Å²) in [6.07, 6.45) is -4.76. The molecule has 0 saturated carbocycles. The van der Waals surface area contributed by atoms with Crippen molar-refractivity contribution in [3.8, 4) is 16.9 Å². The first-order chi connectivity index (χ1) is 9.78. The third kappa shape index (κ3) is 3.76. The van der Waals surface area contributed by atoms with E-state index in [2.05, 4.69) is 4.74 Å². The van der Waals surface area contributed by atoms with E-state index in [0.29, 0.717) is 16.7 Å². The van der Waals surface area contributed by atoms with Crippen molar-refractivity contribution in [1.29, 1.82) is 0 Å². The van der Waals surface area contributed by atoms with Crippen LogP contribution in [0, 0.1) is 0 Å². The Labute approximate surface area is 124 Å². The second-order valence-electron chi connectivity index (χ2n) is 4.30. The van der Waals surface area contributed by atoms with E-state index in [1.54, 1.807) is 24.3 Å². The summed E-state index contributed by atoms with van der Waals surface area (Å²) in [5.74, 6) is -0.561. The Kier molecular flexibility index (Phi) is 4.23. The molecule has 0 aliphatic heterocycles. The van der Waals surface area contributed by atoms with Gasteiger partial charge in [0.15, 0.2) is 5.78 Å². The zero-order chi connectivity index (χ0) is 15.6. The van der Waals surface area contributed by atoms with E-state index in [1.807, 2.05) is 0 Å². The summed E-state index contributed by atoms with van der Waals surface area (Å²) < 4.78 is 40.6. The summed E-state index contributed by atoms with van der Waals surface area (Å²) >= 11 is 6.14. The molecular formula is C15H10ClF3O2. The normalized spacial score (nSPS) is 11.3. The van der Waals surface area contributed by atoms with Gasteiger partial charge in [-0.2, -0.15) is 0 Å². The van der Waals surface area contributed by atoms with Gasteiger partial charge in [0.1, 0.15) is 5.75 Å². The molecule has 21 heavy (non-hydrogen) atoms. The average molecular weight is 315 g/mol. The minimum absolute atomic E-state index is 0.203. The van der Waals surface area contributed by atoms with Crippen molar-refractivity contribution in [1.82, 2.24) is 0 Å². The molecular weight excluding hydrogens is 305 g/mol. The summed E-state index contributed by atoms with van der Waals surface area (Å²) in [6.45, 7) is 1.37. The minimum Gasteiger partial charge on any atom is -0.406 e. The molecule has 6 heteroatoms. The van der Waals surface area contributed by atoms with Crippen LogP contribution in [0.3, 0.4) is 0 Å². The van der Waals surface area contributed by atoms with Crippen LogP contribution in [0.4, 0.5) is 13.2 Å². The van der Waals surface area contributed by atoms with Gasteiger partial charge in [-0.1, -0.05) is 35.9 Å². The highest BCUT2D eigenvalue weighted by Crippen LogP contribution is 2.33. The van der Waals surface area contributed by atoms with E-state index in [-0.39, 0.29) is 16.6 Å². The second kappa shape index (κ2) is 5.77. The Bertz CT molecular complexity index is 681. The number of ketones is 1. The summed E-state index contributed by atoms with van der Waals surface area (Å²) in [4.78, 5) is 11.4. The molecule has 0 aromatic heterocycles. The SMILES string of the molecule is CC(=O)c1cccc(-c2cccc(OC(F)(F)F)c2)c1Cl. The van der Waals surface area contributed by atoms with E-state index >= 15 is 0 Å². The molecule has 0 fully saturated rings. The van der Waals surface area contributed by atoms with Crippen molar-refractivity contribution < 1.29 is 22.7 Å². The smallest absolute Gasteiger partial charge is 0.406 e. The molecule has 0 spiro atoms. The Balaban J connectivity index is 2.46. The van der Waals surface area contributed by atoms with Crippen molar-refractivity contribution >= 4 is 17.4 Å². The maximum Gasteiger partial charge on any atom is 0.573 e. The highest BCUT2D eigenvalue weighted by molar-refractivity contribution is 6.36. The van der Waals surface area contributed by atoms with Crippen LogP contribution in [0.5, 0.6) is 5.75 Å². The lowest BCUT2D eigenvalue weighted by atomic mass is 10.0. The van der Waals surface area contributed by atoms with Gasteiger partial charge in [0, 0.05) is 11.1 Å². The number of halogens is 4. The van der Waals surface area contributed by atoms with Crippen molar-refractivity contribution in [2.45, 2.75) is 13.3 Å². The van der Waals surface area contributed by atoms with Crippen molar-refractivity contribution in [3.05, 3.63) is 53.1 Å². The molecule has 0 heterocycles. The third-order valence-corrected chi connectivity index (χ3v) is 3.16. The molecule has 110 valence electrons. The molecule has 0 aliphatic rings. The number of hydrogen-bond acceptors (Lipinski definition) is 2. The Morgan fingerprint density at radius 2 is 1.81 bits per heavy atom. The molecule has 2 aromatic carbocycles. The Morgan fingerprint density at radius 3 is 2.43 bits per heavy atom. The quantitative estimate of drug-likeness (QED) is 0.736. The summed E-state index contributed by atoms with van der Waals surface area (Å²) in [7, 11) is 0. The summed E-state index contributed by atoms with van der Waals surface area (Å²) in [6, 6.07) is 10.2. The van der Waals surface area contributed by atoms with Crippen molar-refractivity contribution in [3.63, 3.8) is 0 Å². The van der Waals surface area contributed by atoms with Crippen LogP contribution >= 0.6 is 11.6 Å². The zero-order valence-corrected chi connectivity index (χ0v) is 11.6. The molecule has 0 N–H and O–H groups in total. The second-order valence-corrected chi connectivity index (χ2v) is 4.68. The average Bonchev–Trinajstić information content (AvgIpc) is 2.36. The number of alkyl halides is 3. The molecule has 2 rings (SSSR count). The van der Waals surface area contributed by atoms with Crippen molar-refractivity contribution in [2.24, 2.45) is 0 Å². The fourth-order valence-electron chi connectivity index (χ4n) is 1.89. The van der Waals surface area contributed by atoms with Crippen LogP contribution in [0.25, 0.3) is 11.1 Å². The molecule has 2 nitrogen and oxygen atoms in total. The van der Waals surface area contributed by atoms with Crippen LogP contribution in [-0.4, -0.2) is 12.1 Å². The number of rotatable bonds is 3. The first-order valence-corrected chi connectivity index (χ1v) is 6.31. The first-order valence-electron chi connectivity index (χ1n) is 5.93. The molecule has 0 unspecified atom stereocenters. The fraction of sp³-hybridized carbons (Fsp3) is 0.133. The molecule has 0 aliphatic carbocycles.